The van der Waals surface area contributed by atoms with Crippen molar-refractivity contribution in [3.8, 4) is 5.75 Å². The van der Waals surface area contributed by atoms with Crippen LogP contribution in [0.3, 0.4) is 0 Å². The van der Waals surface area contributed by atoms with Crippen LogP contribution in [0.2, 0.25) is 0 Å². The maximum atomic E-state index is 11.9. The highest BCUT2D eigenvalue weighted by molar-refractivity contribution is 9.10. The zero-order valence-electron chi connectivity index (χ0n) is 12.3. The monoisotopic (exact) mass is 357 g/mol. The van der Waals surface area contributed by atoms with E-state index in [2.05, 4.69) is 26.0 Å². The molecule has 1 N–H and O–H groups in total. The third kappa shape index (κ3) is 6.16. The smallest absolute Gasteiger partial charge is 0.305 e. The molecule has 116 valence electrons. The van der Waals surface area contributed by atoms with E-state index in [1.54, 1.807) is 25.3 Å². The second-order valence-electron chi connectivity index (χ2n) is 4.49. The van der Waals surface area contributed by atoms with Gasteiger partial charge in [-0.2, -0.15) is 0 Å². The third-order valence-electron chi connectivity index (χ3n) is 2.98. The summed E-state index contributed by atoms with van der Waals surface area (Å²) in [5.41, 5.74) is 0.581. The number of hydrogen-bond donors (Lipinski definition) is 1. The Morgan fingerprint density at radius 1 is 1.19 bits per heavy atom. The summed E-state index contributed by atoms with van der Waals surface area (Å²) in [5, 5.41) is 2.85. The van der Waals surface area contributed by atoms with E-state index in [1.807, 2.05) is 0 Å². The summed E-state index contributed by atoms with van der Waals surface area (Å²) in [6, 6.07) is 5.19. The molecule has 1 rings (SSSR count). The van der Waals surface area contributed by atoms with Crippen LogP contribution in [-0.4, -0.2) is 32.6 Å². The van der Waals surface area contributed by atoms with Gasteiger partial charge in [-0.25, -0.2) is 0 Å². The zero-order valence-corrected chi connectivity index (χ0v) is 13.9. The van der Waals surface area contributed by atoms with E-state index in [-0.39, 0.29) is 11.9 Å². The molecule has 0 unspecified atom stereocenters. The number of carbonyl (C=O) groups is 2. The van der Waals surface area contributed by atoms with Crippen LogP contribution < -0.4 is 10.1 Å². The standard InChI is InChI=1S/C15H20BrNO4/c1-20-13-8-7-11(10-12(13)16)15(19)17-9-5-3-4-6-14(18)21-2/h7-8,10H,3-6,9H2,1-2H3,(H,17,19). The first kappa shape index (κ1) is 17.5. The van der Waals surface area contributed by atoms with Gasteiger partial charge >= 0.3 is 5.97 Å². The minimum atomic E-state index is -0.192. The summed E-state index contributed by atoms with van der Waals surface area (Å²) >= 11 is 3.35. The molecule has 1 aromatic rings. The quantitative estimate of drug-likeness (QED) is 0.573. The van der Waals surface area contributed by atoms with Crippen LogP contribution in [0.4, 0.5) is 0 Å². The molecule has 0 bridgehead atoms. The second-order valence-corrected chi connectivity index (χ2v) is 5.35. The number of amides is 1. The normalized spacial score (nSPS) is 10.0. The molecule has 21 heavy (non-hydrogen) atoms. The van der Waals surface area contributed by atoms with Crippen molar-refractivity contribution in [1.29, 1.82) is 0 Å². The Hall–Kier alpha value is -1.56. The van der Waals surface area contributed by atoms with E-state index < -0.39 is 0 Å². The number of halogens is 1. The van der Waals surface area contributed by atoms with Gasteiger partial charge in [0, 0.05) is 18.5 Å². The van der Waals surface area contributed by atoms with Gasteiger partial charge in [-0.15, -0.1) is 0 Å². The lowest BCUT2D eigenvalue weighted by Gasteiger charge is -2.07. The van der Waals surface area contributed by atoms with Crippen LogP contribution in [0.15, 0.2) is 22.7 Å². The first-order valence-electron chi connectivity index (χ1n) is 6.77. The number of ether oxygens (including phenoxy) is 2. The van der Waals surface area contributed by atoms with Gasteiger partial charge in [0.15, 0.2) is 0 Å². The predicted molar refractivity (Wildman–Crippen MR) is 83.5 cm³/mol. The lowest BCUT2D eigenvalue weighted by atomic mass is 10.2. The minimum absolute atomic E-state index is 0.119. The van der Waals surface area contributed by atoms with Crippen LogP contribution in [0, 0.1) is 0 Å². The third-order valence-corrected chi connectivity index (χ3v) is 3.60. The van der Waals surface area contributed by atoms with E-state index in [0.717, 1.165) is 23.7 Å². The molecule has 0 aromatic heterocycles. The molecule has 0 aliphatic carbocycles. The van der Waals surface area contributed by atoms with Crippen molar-refractivity contribution in [3.05, 3.63) is 28.2 Å². The van der Waals surface area contributed by atoms with Crippen molar-refractivity contribution in [1.82, 2.24) is 5.32 Å². The van der Waals surface area contributed by atoms with Crippen molar-refractivity contribution < 1.29 is 19.1 Å². The summed E-state index contributed by atoms with van der Waals surface area (Å²) in [7, 11) is 2.96. The Morgan fingerprint density at radius 3 is 2.57 bits per heavy atom. The van der Waals surface area contributed by atoms with E-state index in [1.165, 1.54) is 7.11 Å². The van der Waals surface area contributed by atoms with Crippen LogP contribution in [-0.2, 0) is 9.53 Å². The molecule has 0 atom stereocenters. The van der Waals surface area contributed by atoms with Gasteiger partial charge in [0.1, 0.15) is 5.75 Å². The van der Waals surface area contributed by atoms with E-state index in [4.69, 9.17) is 4.74 Å². The van der Waals surface area contributed by atoms with Gasteiger partial charge < -0.3 is 14.8 Å². The highest BCUT2D eigenvalue weighted by atomic mass is 79.9. The molecule has 0 aliphatic rings. The lowest BCUT2D eigenvalue weighted by Crippen LogP contribution is -2.24. The molecule has 0 fully saturated rings. The summed E-state index contributed by atoms with van der Waals surface area (Å²) in [6.07, 6.45) is 2.91. The highest BCUT2D eigenvalue weighted by Crippen LogP contribution is 2.25. The number of methoxy groups -OCH3 is 2. The fourth-order valence-corrected chi connectivity index (χ4v) is 2.33. The van der Waals surface area contributed by atoms with Gasteiger partial charge in [-0.05, 0) is 47.0 Å². The fourth-order valence-electron chi connectivity index (χ4n) is 1.78. The molecule has 0 heterocycles. The lowest BCUT2D eigenvalue weighted by molar-refractivity contribution is -0.140. The predicted octanol–water partition coefficient (Wildman–Crippen LogP) is 2.92. The van der Waals surface area contributed by atoms with E-state index in [0.29, 0.717) is 24.3 Å². The second kappa shape index (κ2) is 9.39. The molecule has 1 aromatic carbocycles. The highest BCUT2D eigenvalue weighted by Gasteiger charge is 2.08. The molecule has 0 spiro atoms. The average molecular weight is 358 g/mol. The Labute approximate surface area is 133 Å². The van der Waals surface area contributed by atoms with Gasteiger partial charge in [0.2, 0.25) is 0 Å². The van der Waals surface area contributed by atoms with Gasteiger partial charge in [-0.3, -0.25) is 9.59 Å². The topological polar surface area (TPSA) is 64.6 Å². The molecule has 0 aliphatic heterocycles. The van der Waals surface area contributed by atoms with Crippen LogP contribution in [0.25, 0.3) is 0 Å². The van der Waals surface area contributed by atoms with Crippen molar-refractivity contribution in [2.45, 2.75) is 25.7 Å². The van der Waals surface area contributed by atoms with Crippen molar-refractivity contribution >= 4 is 27.8 Å². The summed E-state index contributed by atoms with van der Waals surface area (Å²) in [4.78, 5) is 22.9. The molecule has 1 amide bonds. The van der Waals surface area contributed by atoms with Crippen LogP contribution in [0.5, 0.6) is 5.75 Å². The average Bonchev–Trinajstić information content (AvgIpc) is 2.49. The number of rotatable bonds is 8. The van der Waals surface area contributed by atoms with E-state index in [9.17, 15) is 9.59 Å². The largest absolute Gasteiger partial charge is 0.496 e. The summed E-state index contributed by atoms with van der Waals surface area (Å²) < 4.78 is 10.4. The first-order chi connectivity index (χ1) is 10.1. The molecular weight excluding hydrogens is 338 g/mol. The Balaban J connectivity index is 2.28. The maximum absolute atomic E-state index is 11.9. The first-order valence-corrected chi connectivity index (χ1v) is 7.56. The Morgan fingerprint density at radius 2 is 1.95 bits per heavy atom. The van der Waals surface area contributed by atoms with Crippen molar-refractivity contribution in [2.24, 2.45) is 0 Å². The van der Waals surface area contributed by atoms with Gasteiger partial charge in [0.25, 0.3) is 5.91 Å². The maximum Gasteiger partial charge on any atom is 0.305 e. The minimum Gasteiger partial charge on any atom is -0.496 e. The molecule has 0 saturated carbocycles. The van der Waals surface area contributed by atoms with Crippen molar-refractivity contribution in [2.75, 3.05) is 20.8 Å². The Bertz CT molecular complexity index is 491. The van der Waals surface area contributed by atoms with E-state index >= 15 is 0 Å². The SMILES string of the molecule is COC(=O)CCCCCNC(=O)c1ccc(OC)c(Br)c1. The number of esters is 1. The van der Waals surface area contributed by atoms with Gasteiger partial charge in [0.05, 0.1) is 18.7 Å². The zero-order chi connectivity index (χ0) is 15.7. The summed E-state index contributed by atoms with van der Waals surface area (Å²) in [5.74, 6) is 0.378. The Kier molecular flexibility index (Phi) is 7.82. The molecule has 0 saturated heterocycles. The number of unbranched alkanes of at least 4 members (excludes halogenated alkanes) is 2. The number of hydrogen-bond acceptors (Lipinski definition) is 4. The van der Waals surface area contributed by atoms with Crippen LogP contribution >= 0.6 is 15.9 Å². The number of benzene rings is 1. The molecule has 6 heteroatoms. The van der Waals surface area contributed by atoms with Crippen molar-refractivity contribution in [3.63, 3.8) is 0 Å². The van der Waals surface area contributed by atoms with Gasteiger partial charge in [-0.1, -0.05) is 6.42 Å². The number of carbonyl (C=O) groups excluding carboxylic acids is 2. The molecule has 5 nitrogen and oxygen atoms in total. The summed E-state index contributed by atoms with van der Waals surface area (Å²) in [6.45, 7) is 0.587. The molecule has 0 radical (unpaired) electrons. The van der Waals surface area contributed by atoms with Crippen LogP contribution in [0.1, 0.15) is 36.0 Å². The molecular formula is C15H20BrNO4. The fraction of sp³-hybridized carbons (Fsp3) is 0.467. The number of nitrogens with one attached hydrogen (secondary N) is 1.